The Bertz CT molecular complexity index is 69.1. The Hall–Kier alpha value is 0.277. The lowest BCUT2D eigenvalue weighted by Crippen LogP contribution is -2.07. The Balaban J connectivity index is 3.21. The van der Waals surface area contributed by atoms with Gasteiger partial charge in [-0.1, -0.05) is 6.92 Å². The molecule has 0 aliphatic heterocycles. The van der Waals surface area contributed by atoms with Crippen molar-refractivity contribution >= 4 is 16.7 Å². The van der Waals surface area contributed by atoms with E-state index >= 15 is 0 Å². The van der Waals surface area contributed by atoms with E-state index in [0.717, 1.165) is 6.04 Å². The first-order valence-electron chi connectivity index (χ1n) is 2.79. The second-order valence-corrected chi connectivity index (χ2v) is 6.05. The molecule has 0 aromatic carbocycles. The molecule has 1 atom stereocenters. The number of rotatable bonds is 4. The van der Waals surface area contributed by atoms with Gasteiger partial charge in [-0.25, -0.2) is 0 Å². The zero-order valence-electron chi connectivity index (χ0n) is 5.26. The molecular formula is C4H11O2PSi. The lowest BCUT2D eigenvalue weighted by Gasteiger charge is -2.00. The summed E-state index contributed by atoms with van der Waals surface area (Å²) < 4.78 is 15.3. The average Bonchev–Trinajstić information content (AvgIpc) is 1.83. The molecule has 0 aliphatic rings. The minimum absolute atomic E-state index is 0.242. The fourth-order valence-corrected chi connectivity index (χ4v) is 2.32. The summed E-state index contributed by atoms with van der Waals surface area (Å²) in [5.74, 6) is 0. The van der Waals surface area contributed by atoms with E-state index in [1.54, 1.807) is 0 Å². The maximum Gasteiger partial charge on any atom is 0.280 e. The minimum atomic E-state index is -1.28. The maximum atomic E-state index is 10.2. The molecule has 0 saturated carbocycles. The quantitative estimate of drug-likeness (QED) is 0.449. The summed E-state index contributed by atoms with van der Waals surface area (Å²) in [7, 11) is -1.03. The second-order valence-electron chi connectivity index (χ2n) is 1.42. The van der Waals surface area contributed by atoms with Gasteiger partial charge in [0.25, 0.3) is 8.71 Å². The van der Waals surface area contributed by atoms with Gasteiger partial charge < -0.3 is 4.43 Å². The molecule has 0 bridgehead atoms. The van der Waals surface area contributed by atoms with E-state index in [1.165, 1.54) is 0 Å². The van der Waals surface area contributed by atoms with Gasteiger partial charge in [-0.3, -0.25) is 4.57 Å². The molecule has 4 heteroatoms. The van der Waals surface area contributed by atoms with Crippen LogP contribution in [-0.2, 0) is 8.99 Å². The van der Waals surface area contributed by atoms with Crippen LogP contribution in [0.5, 0.6) is 0 Å². The molecule has 2 nitrogen and oxygen atoms in total. The van der Waals surface area contributed by atoms with Crippen molar-refractivity contribution in [2.75, 3.05) is 6.61 Å². The highest BCUT2D eigenvalue weighted by Gasteiger charge is 2.05. The predicted octanol–water partition coefficient (Wildman–Crippen LogP) is 1.55. The molecule has 0 spiro atoms. The van der Waals surface area contributed by atoms with Crippen molar-refractivity contribution in [2.45, 2.75) is 19.9 Å². The van der Waals surface area contributed by atoms with Gasteiger partial charge in [-0.2, -0.15) is 0 Å². The van der Waals surface area contributed by atoms with E-state index in [4.69, 9.17) is 4.43 Å². The van der Waals surface area contributed by atoms with E-state index in [-0.39, 0.29) is 8.01 Å². The first-order valence-corrected chi connectivity index (χ1v) is 6.51. The average molecular weight is 150 g/mol. The lowest BCUT2D eigenvalue weighted by molar-refractivity contribution is 0.354. The summed E-state index contributed by atoms with van der Waals surface area (Å²) in [5, 5.41) is 0. The molecule has 0 fully saturated rings. The first kappa shape index (κ1) is 8.28. The minimum Gasteiger partial charge on any atom is -0.408 e. The third kappa shape index (κ3) is 3.30. The molecule has 0 aromatic rings. The molecule has 0 heterocycles. The van der Waals surface area contributed by atoms with Gasteiger partial charge in [-0.05, 0) is 13.0 Å². The lowest BCUT2D eigenvalue weighted by atomic mass is 10.9. The standard InChI is InChI=1S/C4H11O2PSi/c1-3-6-8(4-2)7-5/h8H,3-4H2,1-2H3. The van der Waals surface area contributed by atoms with Gasteiger partial charge in [-0.15, -0.1) is 0 Å². The molecule has 0 aliphatic carbocycles. The summed E-state index contributed by atoms with van der Waals surface area (Å²) in [6.07, 6.45) is 0. The van der Waals surface area contributed by atoms with E-state index in [1.807, 2.05) is 13.8 Å². The van der Waals surface area contributed by atoms with Crippen molar-refractivity contribution in [1.82, 2.24) is 0 Å². The highest BCUT2D eigenvalue weighted by atomic mass is 31.3. The molecule has 1 unspecified atom stereocenters. The number of hydrogen-bond donors (Lipinski definition) is 0. The molecule has 0 N–H and O–H groups in total. The fourth-order valence-electron chi connectivity index (χ4n) is 0.415. The Labute approximate surface area is 53.0 Å². The van der Waals surface area contributed by atoms with Crippen LogP contribution < -0.4 is 0 Å². The Morgan fingerprint density at radius 2 is 2.25 bits per heavy atom. The zero-order valence-corrected chi connectivity index (χ0v) is 7.30. The van der Waals surface area contributed by atoms with Crippen LogP contribution in [0.2, 0.25) is 6.04 Å². The van der Waals surface area contributed by atoms with Crippen molar-refractivity contribution in [2.24, 2.45) is 0 Å². The highest BCUT2D eigenvalue weighted by Crippen LogP contribution is 2.06. The smallest absolute Gasteiger partial charge is 0.280 e. The monoisotopic (exact) mass is 150 g/mol. The van der Waals surface area contributed by atoms with Crippen molar-refractivity contribution < 1.29 is 8.99 Å². The first-order chi connectivity index (χ1) is 3.85. The van der Waals surface area contributed by atoms with E-state index < -0.39 is 8.71 Å². The third-order valence-corrected chi connectivity index (χ3v) is 4.73. The summed E-state index contributed by atoms with van der Waals surface area (Å²) in [6, 6.07) is 0.957. The Kier molecular flexibility index (Phi) is 5.60. The topological polar surface area (TPSA) is 26.3 Å². The Morgan fingerprint density at radius 3 is 2.38 bits per heavy atom. The van der Waals surface area contributed by atoms with Crippen molar-refractivity contribution in [3.8, 4) is 0 Å². The van der Waals surface area contributed by atoms with Crippen LogP contribution in [-0.4, -0.2) is 15.3 Å². The molecule has 8 heavy (non-hydrogen) atoms. The van der Waals surface area contributed by atoms with Gasteiger partial charge in [0.05, 0.1) is 0 Å². The van der Waals surface area contributed by atoms with Crippen LogP contribution in [0.1, 0.15) is 13.8 Å². The van der Waals surface area contributed by atoms with E-state index in [9.17, 15) is 4.57 Å². The van der Waals surface area contributed by atoms with Crippen LogP contribution in [0.15, 0.2) is 0 Å². The summed E-state index contributed by atoms with van der Waals surface area (Å²) in [5.41, 5.74) is 0. The summed E-state index contributed by atoms with van der Waals surface area (Å²) in [6.45, 7) is 4.65. The predicted molar refractivity (Wildman–Crippen MR) is 36.9 cm³/mol. The maximum absolute atomic E-state index is 10.2. The van der Waals surface area contributed by atoms with E-state index in [0.29, 0.717) is 6.61 Å². The fraction of sp³-hybridized carbons (Fsp3) is 1.00. The van der Waals surface area contributed by atoms with Gasteiger partial charge in [0.15, 0.2) is 8.01 Å². The van der Waals surface area contributed by atoms with Crippen LogP contribution in [0.4, 0.5) is 0 Å². The van der Waals surface area contributed by atoms with Gasteiger partial charge in [0.1, 0.15) is 0 Å². The summed E-state index contributed by atoms with van der Waals surface area (Å²) >= 11 is 0. The zero-order chi connectivity index (χ0) is 6.41. The molecule has 0 radical (unpaired) electrons. The third-order valence-electron chi connectivity index (χ3n) is 0.826. The molecule has 0 saturated heterocycles. The largest absolute Gasteiger partial charge is 0.408 e. The van der Waals surface area contributed by atoms with Crippen LogP contribution in [0, 0.1) is 0 Å². The van der Waals surface area contributed by atoms with Crippen molar-refractivity contribution in [3.05, 3.63) is 0 Å². The highest BCUT2D eigenvalue weighted by molar-refractivity contribution is 7.65. The van der Waals surface area contributed by atoms with Crippen molar-refractivity contribution in [3.63, 3.8) is 0 Å². The number of hydrogen-bond acceptors (Lipinski definition) is 2. The summed E-state index contributed by atoms with van der Waals surface area (Å²) in [4.78, 5) is 0. The molecule has 0 rings (SSSR count). The second kappa shape index (κ2) is 5.41. The van der Waals surface area contributed by atoms with Crippen molar-refractivity contribution in [1.29, 1.82) is 0 Å². The molecule has 48 valence electrons. The molecule has 0 amide bonds. The normalized spacial score (nSPS) is 14.2. The van der Waals surface area contributed by atoms with Gasteiger partial charge >= 0.3 is 0 Å². The molecular weight excluding hydrogens is 139 g/mol. The van der Waals surface area contributed by atoms with Gasteiger partial charge in [0, 0.05) is 6.61 Å². The van der Waals surface area contributed by atoms with Crippen LogP contribution >= 0.6 is 8.01 Å². The van der Waals surface area contributed by atoms with Crippen LogP contribution in [0.25, 0.3) is 0 Å². The Morgan fingerprint density at radius 1 is 1.62 bits per heavy atom. The molecule has 0 aromatic heterocycles. The van der Waals surface area contributed by atoms with Gasteiger partial charge in [0.2, 0.25) is 0 Å². The van der Waals surface area contributed by atoms with Crippen LogP contribution in [0.3, 0.4) is 0 Å². The van der Waals surface area contributed by atoms with E-state index in [2.05, 4.69) is 0 Å². The SMILES string of the molecule is CCO[SiH](CC)P=O.